The van der Waals surface area contributed by atoms with E-state index in [1.54, 1.807) is 18.2 Å². The van der Waals surface area contributed by atoms with Gasteiger partial charge < -0.3 is 5.73 Å². The molecule has 0 saturated heterocycles. The van der Waals surface area contributed by atoms with Gasteiger partial charge in [0.15, 0.2) is 0 Å². The van der Waals surface area contributed by atoms with Crippen LogP contribution in [0.4, 0.5) is 10.2 Å². The number of pyridine rings is 1. The van der Waals surface area contributed by atoms with Crippen molar-refractivity contribution in [2.24, 2.45) is 0 Å². The summed E-state index contributed by atoms with van der Waals surface area (Å²) in [4.78, 5) is 3.96. The SMILES string of the molecule is N#Cc1cc(Cl)c(-c2ccccc2F)nc1N. The van der Waals surface area contributed by atoms with Gasteiger partial charge in [0.05, 0.1) is 16.3 Å². The fourth-order valence-corrected chi connectivity index (χ4v) is 1.69. The van der Waals surface area contributed by atoms with Crippen molar-refractivity contribution in [3.8, 4) is 17.3 Å². The van der Waals surface area contributed by atoms with Crippen LogP contribution >= 0.6 is 11.6 Å². The predicted molar refractivity (Wildman–Crippen MR) is 63.8 cm³/mol. The molecule has 1 aromatic heterocycles. The minimum Gasteiger partial charge on any atom is -0.383 e. The van der Waals surface area contributed by atoms with E-state index in [1.807, 2.05) is 6.07 Å². The molecule has 0 atom stereocenters. The Balaban J connectivity index is 2.66. The number of anilines is 1. The van der Waals surface area contributed by atoms with Crippen LogP contribution in [0.25, 0.3) is 11.3 Å². The zero-order valence-electron chi connectivity index (χ0n) is 8.61. The van der Waals surface area contributed by atoms with Crippen LogP contribution in [0.15, 0.2) is 30.3 Å². The highest BCUT2D eigenvalue weighted by molar-refractivity contribution is 6.33. The zero-order chi connectivity index (χ0) is 12.4. The number of nitrogens with two attached hydrogens (primary N) is 1. The lowest BCUT2D eigenvalue weighted by molar-refractivity contribution is 0.631. The molecule has 0 saturated carbocycles. The summed E-state index contributed by atoms with van der Waals surface area (Å²) >= 11 is 5.95. The molecule has 1 heterocycles. The van der Waals surface area contributed by atoms with Crippen molar-refractivity contribution < 1.29 is 4.39 Å². The molecule has 0 fully saturated rings. The van der Waals surface area contributed by atoms with Crippen molar-refractivity contribution in [1.29, 1.82) is 5.26 Å². The molecule has 0 unspecified atom stereocenters. The fraction of sp³-hybridized carbons (Fsp3) is 0. The molecular formula is C12H7ClFN3. The molecule has 5 heteroatoms. The quantitative estimate of drug-likeness (QED) is 0.843. The Hall–Kier alpha value is -2.12. The van der Waals surface area contributed by atoms with Crippen molar-refractivity contribution in [3.63, 3.8) is 0 Å². The minimum atomic E-state index is -0.439. The largest absolute Gasteiger partial charge is 0.383 e. The number of hydrogen-bond donors (Lipinski definition) is 1. The summed E-state index contributed by atoms with van der Waals surface area (Å²) < 4.78 is 13.6. The van der Waals surface area contributed by atoms with Crippen LogP contribution in [0, 0.1) is 17.1 Å². The molecule has 0 aliphatic heterocycles. The molecule has 0 amide bonds. The number of nitrogens with zero attached hydrogens (tertiary/aromatic N) is 2. The molecular weight excluding hydrogens is 241 g/mol. The average Bonchev–Trinajstić information content (AvgIpc) is 2.32. The standard InChI is InChI=1S/C12H7ClFN3/c13-9-5-7(6-15)12(16)17-11(9)8-3-1-2-4-10(8)14/h1-5H,(H2,16,17). The Labute approximate surface area is 102 Å². The van der Waals surface area contributed by atoms with E-state index in [4.69, 9.17) is 22.6 Å². The van der Waals surface area contributed by atoms with E-state index < -0.39 is 5.82 Å². The zero-order valence-corrected chi connectivity index (χ0v) is 9.37. The summed E-state index contributed by atoms with van der Waals surface area (Å²) in [7, 11) is 0. The van der Waals surface area contributed by atoms with Crippen LogP contribution in [0.2, 0.25) is 5.02 Å². The van der Waals surface area contributed by atoms with Crippen LogP contribution in [-0.2, 0) is 0 Å². The first-order chi connectivity index (χ1) is 8.13. The molecule has 2 aromatic rings. The topological polar surface area (TPSA) is 62.7 Å². The molecule has 3 nitrogen and oxygen atoms in total. The van der Waals surface area contributed by atoms with Gasteiger partial charge in [0, 0.05) is 5.56 Å². The molecule has 2 N–H and O–H groups in total. The second-order valence-electron chi connectivity index (χ2n) is 3.34. The first-order valence-electron chi connectivity index (χ1n) is 4.74. The summed E-state index contributed by atoms with van der Waals surface area (Å²) in [6, 6.07) is 9.34. The lowest BCUT2D eigenvalue weighted by atomic mass is 10.1. The second kappa shape index (κ2) is 4.40. The second-order valence-corrected chi connectivity index (χ2v) is 3.75. The van der Waals surface area contributed by atoms with Gasteiger partial charge in [-0.05, 0) is 18.2 Å². The normalized spacial score (nSPS) is 9.94. The van der Waals surface area contributed by atoms with Gasteiger partial charge in [0.25, 0.3) is 0 Å². The third kappa shape index (κ3) is 2.05. The van der Waals surface area contributed by atoms with Crippen LogP contribution in [0.5, 0.6) is 0 Å². The van der Waals surface area contributed by atoms with Crippen molar-refractivity contribution >= 4 is 17.4 Å². The summed E-state index contributed by atoms with van der Waals surface area (Å²) in [5.74, 6) is -0.402. The minimum absolute atomic E-state index is 0.0372. The Morgan fingerprint density at radius 2 is 2.06 bits per heavy atom. The number of aromatic nitrogens is 1. The van der Waals surface area contributed by atoms with Crippen LogP contribution in [0.1, 0.15) is 5.56 Å². The van der Waals surface area contributed by atoms with Gasteiger partial charge in [0.1, 0.15) is 17.7 Å². The maximum Gasteiger partial charge on any atom is 0.142 e. The van der Waals surface area contributed by atoms with E-state index in [2.05, 4.69) is 4.98 Å². The molecule has 0 aliphatic carbocycles. The van der Waals surface area contributed by atoms with Gasteiger partial charge in [-0.3, -0.25) is 0 Å². The summed E-state index contributed by atoms with van der Waals surface area (Å²) in [5, 5.41) is 8.95. The van der Waals surface area contributed by atoms with E-state index in [-0.39, 0.29) is 27.7 Å². The van der Waals surface area contributed by atoms with E-state index in [0.717, 1.165) is 0 Å². The van der Waals surface area contributed by atoms with E-state index in [1.165, 1.54) is 12.1 Å². The molecule has 0 spiro atoms. The van der Waals surface area contributed by atoms with Gasteiger partial charge in [-0.2, -0.15) is 5.26 Å². The number of nitrogen functional groups attached to an aromatic ring is 1. The first kappa shape index (κ1) is 11.4. The third-order valence-corrected chi connectivity index (χ3v) is 2.54. The van der Waals surface area contributed by atoms with Crippen molar-refractivity contribution in [1.82, 2.24) is 4.98 Å². The van der Waals surface area contributed by atoms with Gasteiger partial charge in [0.2, 0.25) is 0 Å². The van der Waals surface area contributed by atoms with Crippen molar-refractivity contribution in [3.05, 3.63) is 46.7 Å². The number of halogens is 2. The van der Waals surface area contributed by atoms with Gasteiger partial charge in [-0.15, -0.1) is 0 Å². The number of nitriles is 1. The lowest BCUT2D eigenvalue weighted by Gasteiger charge is -2.06. The summed E-state index contributed by atoms with van der Waals surface area (Å²) in [5.41, 5.74) is 6.24. The molecule has 84 valence electrons. The van der Waals surface area contributed by atoms with Gasteiger partial charge >= 0.3 is 0 Å². The first-order valence-corrected chi connectivity index (χ1v) is 5.12. The maximum absolute atomic E-state index is 13.6. The number of hydrogen-bond acceptors (Lipinski definition) is 3. The van der Waals surface area contributed by atoms with Crippen molar-refractivity contribution in [2.45, 2.75) is 0 Å². The monoisotopic (exact) mass is 247 g/mol. The van der Waals surface area contributed by atoms with E-state index in [9.17, 15) is 4.39 Å². The third-order valence-electron chi connectivity index (χ3n) is 2.25. The molecule has 1 aromatic carbocycles. The van der Waals surface area contributed by atoms with Crippen LogP contribution < -0.4 is 5.73 Å². The van der Waals surface area contributed by atoms with E-state index >= 15 is 0 Å². The highest BCUT2D eigenvalue weighted by atomic mass is 35.5. The van der Waals surface area contributed by atoms with Crippen molar-refractivity contribution in [2.75, 3.05) is 5.73 Å². The molecule has 2 rings (SSSR count). The van der Waals surface area contributed by atoms with Gasteiger partial charge in [-0.25, -0.2) is 9.37 Å². The number of rotatable bonds is 1. The Morgan fingerprint density at radius 3 is 2.71 bits per heavy atom. The number of benzene rings is 1. The highest BCUT2D eigenvalue weighted by Crippen LogP contribution is 2.30. The molecule has 0 aliphatic rings. The molecule has 0 bridgehead atoms. The van der Waals surface area contributed by atoms with E-state index in [0.29, 0.717) is 0 Å². The Kier molecular flexibility index (Phi) is 2.94. The summed E-state index contributed by atoms with van der Waals surface area (Å²) in [6.07, 6.45) is 0. The smallest absolute Gasteiger partial charge is 0.142 e. The Bertz CT molecular complexity index is 620. The maximum atomic E-state index is 13.6. The van der Waals surface area contributed by atoms with Crippen LogP contribution in [0.3, 0.4) is 0 Å². The van der Waals surface area contributed by atoms with Gasteiger partial charge in [-0.1, -0.05) is 23.7 Å². The molecule has 17 heavy (non-hydrogen) atoms. The Morgan fingerprint density at radius 1 is 1.35 bits per heavy atom. The summed E-state index contributed by atoms with van der Waals surface area (Å²) in [6.45, 7) is 0. The van der Waals surface area contributed by atoms with Crippen LogP contribution in [-0.4, -0.2) is 4.98 Å². The lowest BCUT2D eigenvalue weighted by Crippen LogP contribution is -1.98. The highest BCUT2D eigenvalue weighted by Gasteiger charge is 2.13. The average molecular weight is 248 g/mol. The fourth-order valence-electron chi connectivity index (χ4n) is 1.43. The molecule has 0 radical (unpaired) electrons. The predicted octanol–water partition coefficient (Wildman–Crippen LogP) is 2.99.